The monoisotopic (exact) mass is 220 g/mol. The number of nitrogens with one attached hydrogen (secondary N) is 1. The van der Waals surface area contributed by atoms with Gasteiger partial charge < -0.3 is 4.57 Å². The molecule has 3 aromatic heterocycles. The quantitative estimate of drug-likeness (QED) is 0.618. The molecule has 76 valence electrons. The van der Waals surface area contributed by atoms with Crippen LogP contribution in [0.25, 0.3) is 21.3 Å². The normalized spacial score (nSPS) is 11.6. The molecule has 0 aliphatic heterocycles. The number of nitrogens with zero attached hydrogens (tertiary/aromatic N) is 3. The third-order valence-corrected chi connectivity index (χ3v) is 3.44. The van der Waals surface area contributed by atoms with Crippen molar-refractivity contribution in [3.63, 3.8) is 0 Å². The fourth-order valence-electron chi connectivity index (χ4n) is 1.82. The third kappa shape index (κ3) is 0.992. The molecule has 0 amide bonds. The van der Waals surface area contributed by atoms with Gasteiger partial charge in [-0.2, -0.15) is 5.10 Å². The van der Waals surface area contributed by atoms with Gasteiger partial charge in [0, 0.05) is 12.4 Å². The second-order valence-electron chi connectivity index (χ2n) is 3.41. The fourth-order valence-corrected chi connectivity index (χ4v) is 2.78. The molecule has 0 saturated heterocycles. The molecular weight excluding hydrogens is 212 g/mol. The van der Waals surface area contributed by atoms with E-state index in [0.29, 0.717) is 5.52 Å². The molecule has 3 heterocycles. The van der Waals surface area contributed by atoms with Crippen LogP contribution in [0.3, 0.4) is 0 Å². The Morgan fingerprint density at radius 3 is 3.13 bits per heavy atom. The Hall–Kier alpha value is -1.69. The van der Waals surface area contributed by atoms with Gasteiger partial charge in [-0.1, -0.05) is 0 Å². The molecule has 6 heteroatoms. The summed E-state index contributed by atoms with van der Waals surface area (Å²) >= 11 is 1.59. The molecule has 5 nitrogen and oxygen atoms in total. The van der Waals surface area contributed by atoms with Gasteiger partial charge in [0.2, 0.25) is 0 Å². The number of hydrogen-bond acceptors (Lipinski definition) is 4. The van der Waals surface area contributed by atoms with Gasteiger partial charge in [-0.25, -0.2) is 10.1 Å². The Morgan fingerprint density at radius 1 is 1.53 bits per heavy atom. The highest BCUT2D eigenvalue weighted by Crippen LogP contribution is 2.29. The molecule has 0 bridgehead atoms. The molecule has 0 radical (unpaired) electrons. The predicted molar refractivity (Wildman–Crippen MR) is 59.2 cm³/mol. The zero-order chi connectivity index (χ0) is 10.6. The van der Waals surface area contributed by atoms with E-state index in [2.05, 4.69) is 15.2 Å². The SMILES string of the molecule is Cc1nc2c(s1)c1cn[nH]c(=O)c1n2C. The average Bonchev–Trinajstić information content (AvgIpc) is 2.68. The summed E-state index contributed by atoms with van der Waals surface area (Å²) in [6.07, 6.45) is 1.68. The Morgan fingerprint density at radius 2 is 2.33 bits per heavy atom. The number of rotatable bonds is 0. The molecule has 0 fully saturated rings. The molecule has 0 atom stereocenters. The van der Waals surface area contributed by atoms with Crippen molar-refractivity contribution in [3.8, 4) is 0 Å². The van der Waals surface area contributed by atoms with Crippen molar-refractivity contribution in [1.82, 2.24) is 19.7 Å². The molecule has 0 unspecified atom stereocenters. The summed E-state index contributed by atoms with van der Waals surface area (Å²) in [4.78, 5) is 16.0. The van der Waals surface area contributed by atoms with Gasteiger partial charge >= 0.3 is 0 Å². The van der Waals surface area contributed by atoms with E-state index in [1.165, 1.54) is 0 Å². The lowest BCUT2D eigenvalue weighted by molar-refractivity contribution is 0.947. The first-order valence-electron chi connectivity index (χ1n) is 4.47. The van der Waals surface area contributed by atoms with Crippen molar-refractivity contribution in [2.24, 2.45) is 7.05 Å². The highest BCUT2D eigenvalue weighted by Gasteiger charge is 2.14. The molecule has 0 aliphatic carbocycles. The minimum atomic E-state index is -0.169. The molecule has 3 aromatic rings. The summed E-state index contributed by atoms with van der Waals surface area (Å²) in [6.45, 7) is 1.96. The molecule has 0 aromatic carbocycles. The van der Waals surface area contributed by atoms with E-state index in [4.69, 9.17) is 0 Å². The number of aryl methyl sites for hydroxylation is 2. The van der Waals surface area contributed by atoms with E-state index in [-0.39, 0.29) is 5.56 Å². The summed E-state index contributed by atoms with van der Waals surface area (Å²) in [5, 5.41) is 8.12. The summed E-state index contributed by atoms with van der Waals surface area (Å²) < 4.78 is 2.85. The molecule has 0 aliphatic rings. The van der Waals surface area contributed by atoms with Gasteiger partial charge in [0.15, 0.2) is 5.65 Å². The van der Waals surface area contributed by atoms with Crippen molar-refractivity contribution in [3.05, 3.63) is 21.6 Å². The summed E-state index contributed by atoms with van der Waals surface area (Å²) in [5.41, 5.74) is 1.32. The van der Waals surface area contributed by atoms with Crippen LogP contribution in [0.15, 0.2) is 11.0 Å². The van der Waals surface area contributed by atoms with Crippen LogP contribution in [0.5, 0.6) is 0 Å². The average molecular weight is 220 g/mol. The topological polar surface area (TPSA) is 63.6 Å². The minimum absolute atomic E-state index is 0.169. The smallest absolute Gasteiger partial charge is 0.288 e. The Balaban J connectivity index is 2.71. The van der Waals surface area contributed by atoms with Crippen molar-refractivity contribution in [2.75, 3.05) is 0 Å². The lowest BCUT2D eigenvalue weighted by atomic mass is 10.4. The van der Waals surface area contributed by atoms with Crippen LogP contribution < -0.4 is 5.56 Å². The Bertz CT molecular complexity index is 721. The van der Waals surface area contributed by atoms with Crippen LogP contribution in [0.4, 0.5) is 0 Å². The van der Waals surface area contributed by atoms with Crippen molar-refractivity contribution < 1.29 is 0 Å². The number of fused-ring (bicyclic) bond motifs is 3. The van der Waals surface area contributed by atoms with E-state index in [1.807, 2.05) is 18.5 Å². The second-order valence-corrected chi connectivity index (χ2v) is 4.61. The first-order chi connectivity index (χ1) is 7.18. The molecule has 0 spiro atoms. The second kappa shape index (κ2) is 2.66. The van der Waals surface area contributed by atoms with Crippen LogP contribution in [0.1, 0.15) is 5.01 Å². The molecule has 15 heavy (non-hydrogen) atoms. The standard InChI is InChI=1S/C9H8N4OS/c1-4-11-8-7(15-4)5-3-10-12-9(14)6(5)13(8)2/h3H,1-2H3,(H,12,14). The first kappa shape index (κ1) is 8.60. The first-order valence-corrected chi connectivity index (χ1v) is 5.29. The van der Waals surface area contributed by atoms with Gasteiger partial charge in [0.25, 0.3) is 5.56 Å². The van der Waals surface area contributed by atoms with E-state index in [0.717, 1.165) is 20.7 Å². The van der Waals surface area contributed by atoms with Crippen LogP contribution in [-0.2, 0) is 7.05 Å². The maximum absolute atomic E-state index is 11.6. The van der Waals surface area contributed by atoms with Gasteiger partial charge in [0.05, 0.1) is 15.9 Å². The summed E-state index contributed by atoms with van der Waals surface area (Å²) in [6, 6.07) is 0. The number of aromatic amines is 1. The maximum atomic E-state index is 11.6. The van der Waals surface area contributed by atoms with Gasteiger partial charge in [-0.15, -0.1) is 11.3 Å². The van der Waals surface area contributed by atoms with Gasteiger partial charge in [-0.3, -0.25) is 4.79 Å². The van der Waals surface area contributed by atoms with Crippen LogP contribution in [0, 0.1) is 6.92 Å². The Kier molecular flexibility index (Phi) is 1.53. The van der Waals surface area contributed by atoms with E-state index in [9.17, 15) is 4.79 Å². The van der Waals surface area contributed by atoms with E-state index >= 15 is 0 Å². The summed E-state index contributed by atoms with van der Waals surface area (Å²) in [7, 11) is 1.85. The van der Waals surface area contributed by atoms with Crippen molar-refractivity contribution >= 4 is 32.6 Å². The summed E-state index contributed by atoms with van der Waals surface area (Å²) in [5.74, 6) is 0. The van der Waals surface area contributed by atoms with Crippen LogP contribution >= 0.6 is 11.3 Å². The largest absolute Gasteiger partial charge is 0.323 e. The van der Waals surface area contributed by atoms with Crippen molar-refractivity contribution in [1.29, 1.82) is 0 Å². The number of thiazole rings is 1. The molecule has 3 rings (SSSR count). The highest BCUT2D eigenvalue weighted by atomic mass is 32.1. The fraction of sp³-hybridized carbons (Fsp3) is 0.222. The van der Waals surface area contributed by atoms with Gasteiger partial charge in [0.1, 0.15) is 5.52 Å². The van der Waals surface area contributed by atoms with Crippen molar-refractivity contribution in [2.45, 2.75) is 6.92 Å². The van der Waals surface area contributed by atoms with E-state index in [1.54, 1.807) is 17.5 Å². The van der Waals surface area contributed by atoms with Crippen LogP contribution in [-0.4, -0.2) is 19.7 Å². The molecule has 0 saturated carbocycles. The minimum Gasteiger partial charge on any atom is -0.323 e. The molecular formula is C9H8N4OS. The lowest BCUT2D eigenvalue weighted by Gasteiger charge is -1.93. The zero-order valence-corrected chi connectivity index (χ0v) is 9.05. The zero-order valence-electron chi connectivity index (χ0n) is 8.24. The lowest BCUT2D eigenvalue weighted by Crippen LogP contribution is -2.10. The maximum Gasteiger partial charge on any atom is 0.288 e. The number of aromatic nitrogens is 4. The van der Waals surface area contributed by atoms with Gasteiger partial charge in [-0.05, 0) is 6.92 Å². The predicted octanol–water partition coefficient (Wildman–Crippen LogP) is 1.18. The highest BCUT2D eigenvalue weighted by molar-refractivity contribution is 7.19. The third-order valence-electron chi connectivity index (χ3n) is 2.44. The molecule has 1 N–H and O–H groups in total. The van der Waals surface area contributed by atoms with Crippen LogP contribution in [0.2, 0.25) is 0 Å². The van der Waals surface area contributed by atoms with E-state index < -0.39 is 0 Å². The Labute approximate surface area is 88.4 Å². The number of H-pyrrole nitrogens is 1. The number of hydrogen-bond donors (Lipinski definition) is 1.